The number of aromatic nitrogens is 1. The summed E-state index contributed by atoms with van der Waals surface area (Å²) in [7, 11) is 1.63. The Morgan fingerprint density at radius 2 is 2.16 bits per heavy atom. The molecule has 0 amide bonds. The lowest BCUT2D eigenvalue weighted by Gasteiger charge is -2.25. The topological polar surface area (TPSA) is 62.7 Å². The zero-order valence-electron chi connectivity index (χ0n) is 12.0. The Morgan fingerprint density at radius 3 is 2.68 bits per heavy atom. The number of rotatable bonds is 7. The van der Waals surface area contributed by atoms with Crippen LogP contribution in [-0.4, -0.2) is 40.7 Å². The number of pyridine rings is 1. The van der Waals surface area contributed by atoms with Crippen molar-refractivity contribution in [2.24, 2.45) is 0 Å². The standard InChI is InChI=1S/C14H22N2O3/c1-10(2)16(6-5-14(17)18)9-12-8-13(19-4)7-11(3)15-12/h7-8,10H,5-6,9H2,1-4H3,(H,17,18). The first-order chi connectivity index (χ1) is 8.92. The van der Waals surface area contributed by atoms with E-state index in [1.807, 2.05) is 19.1 Å². The lowest BCUT2D eigenvalue weighted by Crippen LogP contribution is -2.32. The molecule has 1 heterocycles. The van der Waals surface area contributed by atoms with Gasteiger partial charge in [0.2, 0.25) is 0 Å². The van der Waals surface area contributed by atoms with Crippen molar-refractivity contribution < 1.29 is 14.6 Å². The zero-order valence-corrected chi connectivity index (χ0v) is 12.0. The molecular weight excluding hydrogens is 244 g/mol. The van der Waals surface area contributed by atoms with Crippen molar-refractivity contribution in [2.45, 2.75) is 39.8 Å². The summed E-state index contributed by atoms with van der Waals surface area (Å²) in [6.07, 6.45) is 0.140. The minimum atomic E-state index is -0.777. The number of carboxylic acids is 1. The van der Waals surface area contributed by atoms with E-state index in [2.05, 4.69) is 23.7 Å². The number of hydrogen-bond acceptors (Lipinski definition) is 4. The molecule has 1 N–H and O–H groups in total. The molecule has 0 radical (unpaired) electrons. The molecule has 5 nitrogen and oxygen atoms in total. The number of ether oxygens (including phenoxy) is 1. The number of aliphatic carboxylic acids is 1. The minimum Gasteiger partial charge on any atom is -0.497 e. The second-order valence-corrected chi connectivity index (χ2v) is 4.85. The third-order valence-corrected chi connectivity index (χ3v) is 2.92. The van der Waals surface area contributed by atoms with Crippen LogP contribution in [-0.2, 0) is 11.3 Å². The Labute approximate surface area is 114 Å². The smallest absolute Gasteiger partial charge is 0.304 e. The molecule has 0 aliphatic heterocycles. The number of methoxy groups -OCH3 is 1. The van der Waals surface area contributed by atoms with Crippen LogP contribution in [0.5, 0.6) is 5.75 Å². The number of carbonyl (C=O) groups is 1. The Morgan fingerprint density at radius 1 is 1.47 bits per heavy atom. The summed E-state index contributed by atoms with van der Waals surface area (Å²) in [4.78, 5) is 17.2. The summed E-state index contributed by atoms with van der Waals surface area (Å²) in [5, 5.41) is 8.77. The summed E-state index contributed by atoms with van der Waals surface area (Å²) in [6, 6.07) is 4.04. The molecule has 0 fully saturated rings. The van der Waals surface area contributed by atoms with Crippen LogP contribution in [0.1, 0.15) is 31.7 Å². The molecule has 0 unspecified atom stereocenters. The van der Waals surface area contributed by atoms with Gasteiger partial charge in [0.25, 0.3) is 0 Å². The number of carboxylic acid groups (broad SMARTS) is 1. The van der Waals surface area contributed by atoms with E-state index >= 15 is 0 Å². The van der Waals surface area contributed by atoms with Crippen LogP contribution in [0, 0.1) is 6.92 Å². The van der Waals surface area contributed by atoms with E-state index < -0.39 is 5.97 Å². The molecule has 0 aromatic carbocycles. The molecule has 1 aromatic heterocycles. The number of nitrogens with zero attached hydrogens (tertiary/aromatic N) is 2. The highest BCUT2D eigenvalue weighted by molar-refractivity contribution is 5.66. The van der Waals surface area contributed by atoms with Crippen molar-refractivity contribution >= 4 is 5.97 Å². The summed E-state index contributed by atoms with van der Waals surface area (Å²) in [5.41, 5.74) is 1.80. The van der Waals surface area contributed by atoms with Gasteiger partial charge in [-0.1, -0.05) is 0 Å². The van der Waals surface area contributed by atoms with Gasteiger partial charge >= 0.3 is 5.97 Å². The largest absolute Gasteiger partial charge is 0.497 e. The first-order valence-electron chi connectivity index (χ1n) is 6.39. The number of aryl methyl sites for hydroxylation is 1. The van der Waals surface area contributed by atoms with Crippen molar-refractivity contribution in [1.29, 1.82) is 0 Å². The lowest BCUT2D eigenvalue weighted by molar-refractivity contribution is -0.137. The van der Waals surface area contributed by atoms with Crippen molar-refractivity contribution in [3.8, 4) is 5.75 Å². The monoisotopic (exact) mass is 266 g/mol. The lowest BCUT2D eigenvalue weighted by atomic mass is 10.2. The maximum Gasteiger partial charge on any atom is 0.304 e. The van der Waals surface area contributed by atoms with Crippen molar-refractivity contribution in [1.82, 2.24) is 9.88 Å². The number of hydrogen-bond donors (Lipinski definition) is 1. The second-order valence-electron chi connectivity index (χ2n) is 4.85. The fourth-order valence-electron chi connectivity index (χ4n) is 1.87. The molecule has 0 bridgehead atoms. The van der Waals surface area contributed by atoms with Crippen LogP contribution in [0.3, 0.4) is 0 Å². The van der Waals surface area contributed by atoms with Gasteiger partial charge in [-0.05, 0) is 20.8 Å². The van der Waals surface area contributed by atoms with Crippen LogP contribution in [0.4, 0.5) is 0 Å². The molecule has 106 valence electrons. The Balaban J connectivity index is 2.78. The highest BCUT2D eigenvalue weighted by Gasteiger charge is 2.13. The summed E-state index contributed by atoms with van der Waals surface area (Å²) in [5.74, 6) is 0.00451. The molecule has 0 atom stereocenters. The van der Waals surface area contributed by atoms with Crippen molar-refractivity contribution in [2.75, 3.05) is 13.7 Å². The van der Waals surface area contributed by atoms with Gasteiger partial charge < -0.3 is 9.84 Å². The van der Waals surface area contributed by atoms with Gasteiger partial charge in [-0.3, -0.25) is 14.7 Å². The SMILES string of the molecule is COc1cc(C)nc(CN(CCC(=O)O)C(C)C)c1. The molecule has 19 heavy (non-hydrogen) atoms. The van der Waals surface area contributed by atoms with E-state index in [4.69, 9.17) is 9.84 Å². The van der Waals surface area contributed by atoms with E-state index in [1.165, 1.54) is 0 Å². The second kappa shape index (κ2) is 7.09. The van der Waals surface area contributed by atoms with Crippen molar-refractivity contribution in [3.05, 3.63) is 23.5 Å². The van der Waals surface area contributed by atoms with Crippen LogP contribution in [0.2, 0.25) is 0 Å². The van der Waals surface area contributed by atoms with Gasteiger partial charge in [-0.2, -0.15) is 0 Å². The fourth-order valence-corrected chi connectivity index (χ4v) is 1.87. The molecule has 1 rings (SSSR count). The Kier molecular flexibility index (Phi) is 5.76. The van der Waals surface area contributed by atoms with Crippen LogP contribution >= 0.6 is 0 Å². The molecule has 5 heteroatoms. The third kappa shape index (κ3) is 5.26. The maximum absolute atomic E-state index is 10.7. The fraction of sp³-hybridized carbons (Fsp3) is 0.571. The van der Waals surface area contributed by atoms with E-state index in [1.54, 1.807) is 7.11 Å². The average molecular weight is 266 g/mol. The highest BCUT2D eigenvalue weighted by atomic mass is 16.5. The zero-order chi connectivity index (χ0) is 14.4. The average Bonchev–Trinajstić information content (AvgIpc) is 2.33. The molecule has 1 aromatic rings. The van der Waals surface area contributed by atoms with Gasteiger partial charge in [0, 0.05) is 37.0 Å². The Hall–Kier alpha value is -1.62. The first-order valence-corrected chi connectivity index (χ1v) is 6.39. The Bertz CT molecular complexity index is 433. The molecule has 0 aliphatic rings. The van der Waals surface area contributed by atoms with Crippen molar-refractivity contribution in [3.63, 3.8) is 0 Å². The quantitative estimate of drug-likeness (QED) is 0.818. The van der Waals surface area contributed by atoms with Crippen LogP contribution < -0.4 is 4.74 Å². The van der Waals surface area contributed by atoms with Gasteiger partial charge in [-0.25, -0.2) is 0 Å². The summed E-state index contributed by atoms with van der Waals surface area (Å²) < 4.78 is 5.22. The third-order valence-electron chi connectivity index (χ3n) is 2.92. The van der Waals surface area contributed by atoms with E-state index in [0.29, 0.717) is 13.1 Å². The van der Waals surface area contributed by atoms with E-state index in [-0.39, 0.29) is 12.5 Å². The first kappa shape index (κ1) is 15.4. The highest BCUT2D eigenvalue weighted by Crippen LogP contribution is 2.16. The minimum absolute atomic E-state index is 0.140. The summed E-state index contributed by atoms with van der Waals surface area (Å²) in [6.45, 7) is 7.17. The van der Waals surface area contributed by atoms with Gasteiger partial charge in [-0.15, -0.1) is 0 Å². The van der Waals surface area contributed by atoms with Gasteiger partial charge in [0.05, 0.1) is 19.2 Å². The van der Waals surface area contributed by atoms with E-state index in [9.17, 15) is 4.79 Å². The predicted molar refractivity (Wildman–Crippen MR) is 73.3 cm³/mol. The molecule has 0 aliphatic carbocycles. The molecule has 0 spiro atoms. The van der Waals surface area contributed by atoms with Crippen LogP contribution in [0.15, 0.2) is 12.1 Å². The normalized spacial score (nSPS) is 11.1. The van der Waals surface area contributed by atoms with Gasteiger partial charge in [0.15, 0.2) is 0 Å². The van der Waals surface area contributed by atoms with Crippen LogP contribution in [0.25, 0.3) is 0 Å². The predicted octanol–water partition coefficient (Wildman–Crippen LogP) is 2.08. The molecular formula is C14H22N2O3. The molecule has 0 saturated carbocycles. The molecule has 0 saturated heterocycles. The maximum atomic E-state index is 10.7. The van der Waals surface area contributed by atoms with Gasteiger partial charge in [0.1, 0.15) is 5.75 Å². The van der Waals surface area contributed by atoms with E-state index in [0.717, 1.165) is 17.1 Å². The summed E-state index contributed by atoms with van der Waals surface area (Å²) >= 11 is 0.